The van der Waals surface area contributed by atoms with Gasteiger partial charge in [0.1, 0.15) is 5.75 Å². The van der Waals surface area contributed by atoms with Crippen molar-refractivity contribution in [2.45, 2.75) is 19.3 Å². The van der Waals surface area contributed by atoms with E-state index in [0.717, 1.165) is 22.9 Å². The van der Waals surface area contributed by atoms with Gasteiger partial charge in [-0.25, -0.2) is 0 Å². The van der Waals surface area contributed by atoms with Crippen LogP contribution in [0.25, 0.3) is 0 Å². The van der Waals surface area contributed by atoms with Gasteiger partial charge in [0.25, 0.3) is 0 Å². The number of fused-ring (bicyclic) bond motifs is 1. The zero-order valence-electron chi connectivity index (χ0n) is 11.1. The van der Waals surface area contributed by atoms with Gasteiger partial charge in [-0.3, -0.25) is 4.79 Å². The fourth-order valence-electron chi connectivity index (χ4n) is 2.53. The third-order valence-electron chi connectivity index (χ3n) is 3.62. The van der Waals surface area contributed by atoms with Gasteiger partial charge in [0.05, 0.1) is 4.47 Å². The lowest BCUT2D eigenvalue weighted by molar-refractivity contribution is 0.0921. The third kappa shape index (κ3) is 2.78. The predicted molar refractivity (Wildman–Crippen MR) is 82.4 cm³/mol. The summed E-state index contributed by atoms with van der Waals surface area (Å²) >= 11 is 3.41. The molecule has 102 valence electrons. The first-order valence-corrected chi connectivity index (χ1v) is 7.55. The van der Waals surface area contributed by atoms with Crippen LogP contribution in [0.15, 0.2) is 46.9 Å². The van der Waals surface area contributed by atoms with Gasteiger partial charge in [-0.15, -0.1) is 0 Å². The van der Waals surface area contributed by atoms with Crippen LogP contribution in [-0.2, 0) is 12.8 Å². The lowest BCUT2D eigenvalue weighted by Gasteiger charge is -2.08. The Hall–Kier alpha value is -1.61. The molecule has 20 heavy (non-hydrogen) atoms. The van der Waals surface area contributed by atoms with Crippen LogP contribution in [0.1, 0.15) is 27.9 Å². The van der Waals surface area contributed by atoms with Crippen LogP contribution in [0.2, 0.25) is 0 Å². The molecule has 0 aliphatic heterocycles. The Kier molecular flexibility index (Phi) is 3.88. The molecule has 2 nitrogen and oxygen atoms in total. The van der Waals surface area contributed by atoms with Gasteiger partial charge in [-0.05, 0) is 64.5 Å². The summed E-state index contributed by atoms with van der Waals surface area (Å²) in [5, 5.41) is 0. The second-order valence-corrected chi connectivity index (χ2v) is 5.83. The van der Waals surface area contributed by atoms with Gasteiger partial charge in [-0.2, -0.15) is 0 Å². The van der Waals surface area contributed by atoms with Crippen LogP contribution in [0, 0.1) is 0 Å². The minimum atomic E-state index is 0.0236. The summed E-state index contributed by atoms with van der Waals surface area (Å²) in [6.07, 6.45) is 3.42. The van der Waals surface area contributed by atoms with Gasteiger partial charge in [0.2, 0.25) is 0 Å². The molecule has 0 saturated heterocycles. The standard InChI is InChI=1S/C17H15BrO2/c18-15-6-1-2-7-17(15)20-11-16(19)14-9-8-12-4-3-5-13(12)10-14/h1-2,6-10H,3-5,11H2. The number of para-hydroxylation sites is 1. The van der Waals surface area contributed by atoms with Crippen molar-refractivity contribution in [3.05, 3.63) is 63.6 Å². The molecule has 0 saturated carbocycles. The summed E-state index contributed by atoms with van der Waals surface area (Å²) in [6, 6.07) is 13.6. The summed E-state index contributed by atoms with van der Waals surface area (Å²) in [5.41, 5.74) is 3.45. The van der Waals surface area contributed by atoms with E-state index in [2.05, 4.69) is 22.0 Å². The van der Waals surface area contributed by atoms with E-state index >= 15 is 0 Å². The number of carbonyl (C=O) groups is 1. The van der Waals surface area contributed by atoms with Gasteiger partial charge in [0.15, 0.2) is 12.4 Å². The van der Waals surface area contributed by atoms with E-state index in [4.69, 9.17) is 4.74 Å². The molecule has 0 N–H and O–H groups in total. The minimum Gasteiger partial charge on any atom is -0.484 e. The molecule has 1 aliphatic rings. The van der Waals surface area contributed by atoms with E-state index in [1.54, 1.807) is 0 Å². The molecule has 0 bridgehead atoms. The highest BCUT2D eigenvalue weighted by atomic mass is 79.9. The average Bonchev–Trinajstić information content (AvgIpc) is 2.93. The lowest BCUT2D eigenvalue weighted by Crippen LogP contribution is -2.12. The second-order valence-electron chi connectivity index (χ2n) is 4.98. The first-order valence-electron chi connectivity index (χ1n) is 6.76. The van der Waals surface area contributed by atoms with Gasteiger partial charge in [-0.1, -0.05) is 24.3 Å². The molecule has 0 aromatic heterocycles. The highest BCUT2D eigenvalue weighted by molar-refractivity contribution is 9.10. The first kappa shape index (κ1) is 13.4. The first-order chi connectivity index (χ1) is 9.74. The number of hydrogen-bond donors (Lipinski definition) is 0. The Labute approximate surface area is 126 Å². The van der Waals surface area contributed by atoms with Crippen LogP contribution in [0.5, 0.6) is 5.75 Å². The Morgan fingerprint density at radius 2 is 1.90 bits per heavy atom. The maximum Gasteiger partial charge on any atom is 0.200 e. The average molecular weight is 331 g/mol. The van der Waals surface area contributed by atoms with Crippen LogP contribution in [0.4, 0.5) is 0 Å². The molecule has 0 atom stereocenters. The molecule has 2 aromatic carbocycles. The Morgan fingerprint density at radius 3 is 2.75 bits per heavy atom. The van der Waals surface area contributed by atoms with Gasteiger partial charge >= 0.3 is 0 Å². The number of aryl methyl sites for hydroxylation is 2. The van der Waals surface area contributed by atoms with E-state index in [1.165, 1.54) is 17.5 Å². The van der Waals surface area contributed by atoms with Crippen LogP contribution in [0.3, 0.4) is 0 Å². The molecule has 3 heteroatoms. The highest BCUT2D eigenvalue weighted by Crippen LogP contribution is 2.25. The van der Waals surface area contributed by atoms with Crippen molar-refractivity contribution in [3.8, 4) is 5.75 Å². The zero-order chi connectivity index (χ0) is 13.9. The monoisotopic (exact) mass is 330 g/mol. The Morgan fingerprint density at radius 1 is 1.10 bits per heavy atom. The van der Waals surface area contributed by atoms with E-state index in [0.29, 0.717) is 5.75 Å². The Balaban J connectivity index is 1.69. The van der Waals surface area contributed by atoms with Crippen LogP contribution >= 0.6 is 15.9 Å². The minimum absolute atomic E-state index is 0.0236. The van der Waals surface area contributed by atoms with E-state index in [1.807, 2.05) is 36.4 Å². The molecule has 1 aliphatic carbocycles. The maximum absolute atomic E-state index is 12.2. The second kappa shape index (κ2) is 5.80. The van der Waals surface area contributed by atoms with E-state index in [9.17, 15) is 4.79 Å². The maximum atomic E-state index is 12.2. The third-order valence-corrected chi connectivity index (χ3v) is 4.27. The summed E-state index contributed by atoms with van der Waals surface area (Å²) in [6.45, 7) is 0.0708. The number of rotatable bonds is 4. The molecule has 2 aromatic rings. The van der Waals surface area contributed by atoms with Crippen molar-refractivity contribution >= 4 is 21.7 Å². The predicted octanol–water partition coefficient (Wildman–Crippen LogP) is 4.20. The van der Waals surface area contributed by atoms with Crippen molar-refractivity contribution < 1.29 is 9.53 Å². The smallest absolute Gasteiger partial charge is 0.200 e. The van der Waals surface area contributed by atoms with Crippen LogP contribution < -0.4 is 4.74 Å². The van der Waals surface area contributed by atoms with Crippen molar-refractivity contribution in [1.82, 2.24) is 0 Å². The number of ether oxygens (including phenoxy) is 1. The fraction of sp³-hybridized carbons (Fsp3) is 0.235. The summed E-state index contributed by atoms with van der Waals surface area (Å²) in [5.74, 6) is 0.720. The lowest BCUT2D eigenvalue weighted by atomic mass is 10.0. The van der Waals surface area contributed by atoms with Crippen molar-refractivity contribution in [1.29, 1.82) is 0 Å². The summed E-state index contributed by atoms with van der Waals surface area (Å²) in [4.78, 5) is 12.2. The molecule has 0 heterocycles. The fourth-order valence-corrected chi connectivity index (χ4v) is 2.93. The van der Waals surface area contributed by atoms with Gasteiger partial charge < -0.3 is 4.74 Å². The van der Waals surface area contributed by atoms with Crippen molar-refractivity contribution in [2.75, 3.05) is 6.61 Å². The van der Waals surface area contributed by atoms with E-state index in [-0.39, 0.29) is 12.4 Å². The topological polar surface area (TPSA) is 26.3 Å². The molecule has 0 unspecified atom stereocenters. The summed E-state index contributed by atoms with van der Waals surface area (Å²) in [7, 11) is 0. The van der Waals surface area contributed by atoms with Crippen molar-refractivity contribution in [3.63, 3.8) is 0 Å². The number of benzene rings is 2. The Bertz CT molecular complexity index is 649. The van der Waals surface area contributed by atoms with Crippen LogP contribution in [-0.4, -0.2) is 12.4 Å². The number of ketones is 1. The molecular formula is C17H15BrO2. The molecule has 0 radical (unpaired) electrons. The normalized spacial score (nSPS) is 13.1. The number of hydrogen-bond acceptors (Lipinski definition) is 2. The van der Waals surface area contributed by atoms with Gasteiger partial charge in [0, 0.05) is 5.56 Å². The number of halogens is 1. The SMILES string of the molecule is O=C(COc1ccccc1Br)c1ccc2c(c1)CCC2. The van der Waals surface area contributed by atoms with E-state index < -0.39 is 0 Å². The molecule has 0 spiro atoms. The highest BCUT2D eigenvalue weighted by Gasteiger charge is 2.14. The number of carbonyl (C=O) groups excluding carboxylic acids is 1. The molecule has 3 rings (SSSR count). The molecule has 0 fully saturated rings. The largest absolute Gasteiger partial charge is 0.484 e. The van der Waals surface area contributed by atoms with Crippen molar-refractivity contribution in [2.24, 2.45) is 0 Å². The molecule has 0 amide bonds. The number of Topliss-reactive ketones (excluding diaryl/α,β-unsaturated/α-hetero) is 1. The quantitative estimate of drug-likeness (QED) is 0.785. The molecular weight excluding hydrogens is 316 g/mol. The zero-order valence-corrected chi connectivity index (χ0v) is 12.7. The summed E-state index contributed by atoms with van der Waals surface area (Å²) < 4.78 is 6.44.